The average molecular weight is 568 g/mol. The third-order valence-corrected chi connectivity index (χ3v) is 1.65. The molecule has 0 atom stereocenters. The van der Waals surface area contributed by atoms with Gasteiger partial charge in [0.05, 0.1) is 0 Å². The molecule has 0 fully saturated rings. The molecule has 0 saturated carbocycles. The number of rotatable bonds is 0. The van der Waals surface area contributed by atoms with Crippen LogP contribution in [0.15, 0.2) is 12.1 Å². The van der Waals surface area contributed by atoms with Gasteiger partial charge in [-0.2, -0.15) is 17.4 Å². The molecular weight excluding hydrogens is 561 g/mol. The smallest absolute Gasteiger partial charge is 0 e. The minimum Gasteiger partial charge on any atom is -0.228 e. The molecule has 4 heteroatoms. The first kappa shape index (κ1) is 18.0. The fourth-order valence-electron chi connectivity index (χ4n) is 0.485. The van der Waals surface area contributed by atoms with Crippen LogP contribution in [0, 0.1) is 13.8 Å². The van der Waals surface area contributed by atoms with Crippen molar-refractivity contribution < 1.29 is 74.8 Å². The molecule has 0 aromatic carbocycles. The van der Waals surface area contributed by atoms with Gasteiger partial charge in [0.25, 0.3) is 0 Å². The number of aryl methyl sites for hydroxylation is 1. The van der Waals surface area contributed by atoms with Gasteiger partial charge < -0.3 is 0 Å². The minimum absolute atomic E-state index is 0. The summed E-state index contributed by atoms with van der Waals surface area (Å²) in [5, 5.41) is 0. The Morgan fingerprint density at radius 3 is 1.90 bits per heavy atom. The Morgan fingerprint density at radius 1 is 1.30 bits per heavy atom. The van der Waals surface area contributed by atoms with Crippen molar-refractivity contribution >= 4 is 11.3 Å². The molecule has 0 bridgehead atoms. The topological polar surface area (TPSA) is 0 Å². The third kappa shape index (κ3) is 6.74. The quantitative estimate of drug-likeness (QED) is 0.422. The van der Waals surface area contributed by atoms with E-state index < -0.39 is 0 Å². The molecule has 53 valence electrons. The van der Waals surface area contributed by atoms with Crippen LogP contribution >= 0.6 is 11.3 Å². The summed E-state index contributed by atoms with van der Waals surface area (Å²) in [5.41, 5.74) is 0. The fourth-order valence-corrected chi connectivity index (χ4v) is 1.17. The zero-order chi connectivity index (χ0) is 5.28. The van der Waals surface area contributed by atoms with E-state index in [1.54, 1.807) is 11.3 Å². The van der Waals surface area contributed by atoms with Gasteiger partial charge in [0.15, 0.2) is 0 Å². The SMILES string of the molecule is [CH2-]c1ccc(C)s1.[W].[W].[Y]. The maximum atomic E-state index is 3.76. The summed E-state index contributed by atoms with van der Waals surface area (Å²) in [4.78, 5) is 2.49. The van der Waals surface area contributed by atoms with Crippen LogP contribution in [0.2, 0.25) is 0 Å². The van der Waals surface area contributed by atoms with Gasteiger partial charge >= 0.3 is 0 Å². The normalized spacial score (nSPS) is 6.50. The average Bonchev–Trinajstić information content (AvgIpc) is 1.87. The predicted molar refractivity (Wildman–Crippen MR) is 33.5 cm³/mol. The van der Waals surface area contributed by atoms with Crippen molar-refractivity contribution in [2.24, 2.45) is 0 Å². The van der Waals surface area contributed by atoms with Crippen LogP contribution in [-0.2, 0) is 74.8 Å². The van der Waals surface area contributed by atoms with Crippen LogP contribution < -0.4 is 0 Å². The molecule has 0 nitrogen and oxygen atoms in total. The number of hydrogen-bond acceptors (Lipinski definition) is 1. The summed E-state index contributed by atoms with van der Waals surface area (Å²) in [6.45, 7) is 5.84. The number of hydrogen-bond donors (Lipinski definition) is 0. The van der Waals surface area contributed by atoms with E-state index in [4.69, 9.17) is 0 Å². The maximum absolute atomic E-state index is 3.76. The van der Waals surface area contributed by atoms with E-state index >= 15 is 0 Å². The largest absolute Gasteiger partial charge is 0.228 e. The first-order valence-corrected chi connectivity index (χ1v) is 2.99. The predicted octanol–water partition coefficient (Wildman–Crippen LogP) is 2.23. The molecule has 0 aliphatic carbocycles. The monoisotopic (exact) mass is 568 g/mol. The van der Waals surface area contributed by atoms with Gasteiger partial charge in [0.1, 0.15) is 0 Å². The molecule has 1 heterocycles. The van der Waals surface area contributed by atoms with Crippen LogP contribution in [0.25, 0.3) is 0 Å². The Bertz CT molecular complexity index is 148. The molecular formula is C6H7SW2Y-. The van der Waals surface area contributed by atoms with Crippen molar-refractivity contribution in [3.63, 3.8) is 0 Å². The van der Waals surface area contributed by atoms with Crippen molar-refractivity contribution in [1.82, 2.24) is 0 Å². The second-order valence-corrected chi connectivity index (χ2v) is 2.88. The summed E-state index contributed by atoms with van der Waals surface area (Å²) < 4.78 is 0. The van der Waals surface area contributed by atoms with Crippen LogP contribution in [0.4, 0.5) is 0 Å². The Morgan fingerprint density at radius 2 is 1.80 bits per heavy atom. The van der Waals surface area contributed by atoms with E-state index in [0.29, 0.717) is 0 Å². The molecule has 0 unspecified atom stereocenters. The minimum atomic E-state index is 0. The Hall–Kier alpha value is 2.05. The summed E-state index contributed by atoms with van der Waals surface area (Å²) in [6.07, 6.45) is 0. The molecule has 0 aliphatic rings. The van der Waals surface area contributed by atoms with E-state index in [-0.39, 0.29) is 74.8 Å². The van der Waals surface area contributed by atoms with Gasteiger partial charge in [-0.05, 0) is 11.8 Å². The summed E-state index contributed by atoms with van der Waals surface area (Å²) in [5.74, 6) is 0. The van der Waals surface area contributed by atoms with Crippen LogP contribution in [0.3, 0.4) is 0 Å². The van der Waals surface area contributed by atoms with Gasteiger partial charge in [-0.25, -0.2) is 6.92 Å². The molecule has 1 rings (SSSR count). The Balaban J connectivity index is -0.000000163. The summed E-state index contributed by atoms with van der Waals surface area (Å²) in [7, 11) is 0. The molecule has 1 aromatic rings. The van der Waals surface area contributed by atoms with E-state index in [1.165, 1.54) is 4.88 Å². The van der Waals surface area contributed by atoms with Crippen LogP contribution in [0.5, 0.6) is 0 Å². The van der Waals surface area contributed by atoms with Gasteiger partial charge in [0, 0.05) is 74.8 Å². The molecule has 0 spiro atoms. The standard InChI is InChI=1S/C6H7S.2W.Y/c1-5-3-4-6(2)7-5;;;/h3-4H,1H2,2H3;;;/q-1;;;. The molecule has 0 amide bonds. The zero-order valence-electron chi connectivity index (χ0n) is 5.66. The van der Waals surface area contributed by atoms with Crippen molar-refractivity contribution in [2.75, 3.05) is 0 Å². The number of thiophene rings is 1. The van der Waals surface area contributed by atoms with Gasteiger partial charge in [-0.3, -0.25) is 0 Å². The van der Waals surface area contributed by atoms with Gasteiger partial charge in [0.2, 0.25) is 0 Å². The van der Waals surface area contributed by atoms with Crippen molar-refractivity contribution in [1.29, 1.82) is 0 Å². The van der Waals surface area contributed by atoms with Gasteiger partial charge in [-0.1, -0.05) is 0 Å². The third-order valence-electron chi connectivity index (χ3n) is 0.796. The molecule has 0 N–H and O–H groups in total. The zero-order valence-corrected chi connectivity index (χ0v) is 15.2. The van der Waals surface area contributed by atoms with Crippen molar-refractivity contribution in [2.45, 2.75) is 6.92 Å². The van der Waals surface area contributed by atoms with Crippen molar-refractivity contribution in [3.8, 4) is 0 Å². The van der Waals surface area contributed by atoms with Crippen molar-refractivity contribution in [3.05, 3.63) is 28.8 Å². The molecule has 0 aliphatic heterocycles. The van der Waals surface area contributed by atoms with Crippen LogP contribution in [-0.4, -0.2) is 0 Å². The first-order valence-electron chi connectivity index (χ1n) is 2.17. The summed E-state index contributed by atoms with van der Waals surface area (Å²) >= 11 is 1.73. The Kier molecular flexibility index (Phi) is 16.4. The van der Waals surface area contributed by atoms with E-state index in [9.17, 15) is 0 Å². The first-order chi connectivity index (χ1) is 3.29. The molecule has 10 heavy (non-hydrogen) atoms. The Labute approximate surface area is 120 Å². The van der Waals surface area contributed by atoms with E-state index in [0.717, 1.165) is 4.88 Å². The second-order valence-electron chi connectivity index (χ2n) is 1.51. The molecule has 0 saturated heterocycles. The maximum Gasteiger partial charge on any atom is 0 e. The molecule has 1 aromatic heterocycles. The van der Waals surface area contributed by atoms with E-state index in [1.807, 2.05) is 6.07 Å². The second kappa shape index (κ2) is 9.14. The molecule has 1 radical (unpaired) electrons. The fraction of sp³-hybridized carbons (Fsp3) is 0.167. The van der Waals surface area contributed by atoms with Gasteiger partial charge in [-0.15, -0.1) is 10.9 Å². The van der Waals surface area contributed by atoms with E-state index in [2.05, 4.69) is 19.9 Å². The summed E-state index contributed by atoms with van der Waals surface area (Å²) in [6, 6.07) is 4.10. The van der Waals surface area contributed by atoms with Crippen LogP contribution in [0.1, 0.15) is 9.75 Å².